The maximum Gasteiger partial charge on any atom is 0.185 e. The molecule has 1 aromatic heterocycles. The lowest BCUT2D eigenvalue weighted by molar-refractivity contribution is 0.176. The molecule has 1 N–H and O–H groups in total. The Kier molecular flexibility index (Phi) is 8.22. The highest BCUT2D eigenvalue weighted by atomic mass is 32.1. The molecule has 0 saturated carbocycles. The fourth-order valence-corrected chi connectivity index (χ4v) is 3.56. The van der Waals surface area contributed by atoms with Gasteiger partial charge in [0.15, 0.2) is 5.13 Å². The van der Waals surface area contributed by atoms with Gasteiger partial charge in [0.05, 0.1) is 0 Å². The van der Waals surface area contributed by atoms with Crippen molar-refractivity contribution in [1.29, 1.82) is 0 Å². The van der Waals surface area contributed by atoms with E-state index in [2.05, 4.69) is 61.6 Å². The molecule has 1 aromatic rings. The first-order chi connectivity index (χ1) is 9.99. The van der Waals surface area contributed by atoms with Gasteiger partial charge in [0.25, 0.3) is 0 Å². The molecule has 0 amide bonds. The van der Waals surface area contributed by atoms with Gasteiger partial charge >= 0.3 is 0 Å². The minimum atomic E-state index is 0.601. The minimum Gasteiger partial charge on any atom is -0.349 e. The molecule has 0 radical (unpaired) electrons. The Bertz CT molecular complexity index is 377. The van der Waals surface area contributed by atoms with E-state index in [1.165, 1.54) is 4.88 Å². The monoisotopic (exact) mass is 312 g/mol. The summed E-state index contributed by atoms with van der Waals surface area (Å²) >= 11 is 1.80. The van der Waals surface area contributed by atoms with Gasteiger partial charge in [-0.25, -0.2) is 4.98 Å². The maximum atomic E-state index is 4.52. The molecule has 0 atom stereocenters. The van der Waals surface area contributed by atoms with Crippen LogP contribution in [0.2, 0.25) is 0 Å². The molecule has 1 heterocycles. The smallest absolute Gasteiger partial charge is 0.185 e. The Morgan fingerprint density at radius 1 is 1.14 bits per heavy atom. The first-order valence-electron chi connectivity index (χ1n) is 8.15. The SMILES string of the molecule is CCN(CC)c1ncc(CNCCN(C(C)C)C(C)C)s1. The summed E-state index contributed by atoms with van der Waals surface area (Å²) in [5.41, 5.74) is 0. The molecular weight excluding hydrogens is 280 g/mol. The van der Waals surface area contributed by atoms with E-state index in [1.807, 2.05) is 6.20 Å². The van der Waals surface area contributed by atoms with Gasteiger partial charge < -0.3 is 10.2 Å². The van der Waals surface area contributed by atoms with Crippen LogP contribution in [-0.4, -0.2) is 48.1 Å². The molecule has 0 bridgehead atoms. The number of hydrogen-bond acceptors (Lipinski definition) is 5. The number of nitrogens with one attached hydrogen (secondary N) is 1. The third-order valence-corrected chi connectivity index (χ3v) is 4.81. The number of aromatic nitrogens is 1. The molecule has 0 saturated heterocycles. The molecule has 0 fully saturated rings. The van der Waals surface area contributed by atoms with Crippen LogP contribution < -0.4 is 10.2 Å². The first kappa shape index (κ1) is 18.4. The van der Waals surface area contributed by atoms with E-state index in [0.29, 0.717) is 12.1 Å². The second-order valence-corrected chi connectivity index (χ2v) is 6.98. The van der Waals surface area contributed by atoms with Crippen LogP contribution in [0.5, 0.6) is 0 Å². The summed E-state index contributed by atoms with van der Waals surface area (Å²) in [4.78, 5) is 10.7. The topological polar surface area (TPSA) is 31.4 Å². The predicted octanol–water partition coefficient (Wildman–Crippen LogP) is 3.20. The Morgan fingerprint density at radius 2 is 1.76 bits per heavy atom. The van der Waals surface area contributed by atoms with Crippen LogP contribution in [0.3, 0.4) is 0 Å². The van der Waals surface area contributed by atoms with Crippen LogP contribution in [0.4, 0.5) is 5.13 Å². The summed E-state index contributed by atoms with van der Waals surface area (Å²) in [6, 6.07) is 1.20. The third kappa shape index (κ3) is 5.93. The van der Waals surface area contributed by atoms with Gasteiger partial charge in [-0.15, -0.1) is 11.3 Å². The van der Waals surface area contributed by atoms with Gasteiger partial charge in [-0.3, -0.25) is 4.90 Å². The average molecular weight is 313 g/mol. The number of anilines is 1. The maximum absolute atomic E-state index is 4.52. The van der Waals surface area contributed by atoms with E-state index >= 15 is 0 Å². The molecular formula is C16H32N4S. The number of hydrogen-bond donors (Lipinski definition) is 1. The standard InChI is InChI=1S/C16H32N4S/c1-7-19(8-2)16-18-12-15(21-16)11-17-9-10-20(13(3)4)14(5)6/h12-14,17H,7-11H2,1-6H3. The second kappa shape index (κ2) is 9.38. The van der Waals surface area contributed by atoms with E-state index in [9.17, 15) is 0 Å². The van der Waals surface area contributed by atoms with Crippen molar-refractivity contribution in [1.82, 2.24) is 15.2 Å². The van der Waals surface area contributed by atoms with Gasteiger partial charge in [0.1, 0.15) is 0 Å². The van der Waals surface area contributed by atoms with Crippen LogP contribution in [0.1, 0.15) is 46.4 Å². The molecule has 122 valence electrons. The number of nitrogens with zero attached hydrogens (tertiary/aromatic N) is 3. The fraction of sp³-hybridized carbons (Fsp3) is 0.812. The molecule has 4 nitrogen and oxygen atoms in total. The summed E-state index contributed by atoms with van der Waals surface area (Å²) in [7, 11) is 0. The molecule has 0 unspecified atom stereocenters. The van der Waals surface area contributed by atoms with Crippen LogP contribution in [0.25, 0.3) is 0 Å². The van der Waals surface area contributed by atoms with Gasteiger partial charge in [-0.2, -0.15) is 0 Å². The Labute approximate surface area is 134 Å². The van der Waals surface area contributed by atoms with Gasteiger partial charge in [-0.1, -0.05) is 0 Å². The van der Waals surface area contributed by atoms with E-state index in [4.69, 9.17) is 0 Å². The lowest BCUT2D eigenvalue weighted by Crippen LogP contribution is -2.41. The summed E-state index contributed by atoms with van der Waals surface area (Å²) in [5, 5.41) is 4.68. The molecule has 0 aliphatic heterocycles. The van der Waals surface area contributed by atoms with E-state index < -0.39 is 0 Å². The lowest BCUT2D eigenvalue weighted by Gasteiger charge is -2.30. The van der Waals surface area contributed by atoms with Crippen molar-refractivity contribution in [2.45, 2.75) is 60.2 Å². The zero-order valence-electron chi connectivity index (χ0n) is 14.5. The fourth-order valence-electron chi connectivity index (χ4n) is 2.55. The lowest BCUT2D eigenvalue weighted by atomic mass is 10.2. The van der Waals surface area contributed by atoms with Crippen molar-refractivity contribution < 1.29 is 0 Å². The molecule has 0 aromatic carbocycles. The van der Waals surface area contributed by atoms with Crippen molar-refractivity contribution in [3.8, 4) is 0 Å². The molecule has 5 heteroatoms. The van der Waals surface area contributed by atoms with Gasteiger partial charge in [0, 0.05) is 55.9 Å². The highest BCUT2D eigenvalue weighted by Crippen LogP contribution is 2.21. The van der Waals surface area contributed by atoms with Crippen molar-refractivity contribution in [3.05, 3.63) is 11.1 Å². The normalized spacial score (nSPS) is 11.9. The largest absolute Gasteiger partial charge is 0.349 e. The van der Waals surface area contributed by atoms with Gasteiger partial charge in [-0.05, 0) is 41.5 Å². The average Bonchev–Trinajstić information content (AvgIpc) is 2.87. The molecule has 1 rings (SSSR count). The Morgan fingerprint density at radius 3 is 2.29 bits per heavy atom. The van der Waals surface area contributed by atoms with Gasteiger partial charge in [0.2, 0.25) is 0 Å². The molecule has 0 spiro atoms. The summed E-state index contributed by atoms with van der Waals surface area (Å²) in [6.07, 6.45) is 2.01. The Hall–Kier alpha value is -0.650. The minimum absolute atomic E-state index is 0.601. The van der Waals surface area contributed by atoms with Crippen molar-refractivity contribution in [2.24, 2.45) is 0 Å². The Balaban J connectivity index is 2.36. The first-order valence-corrected chi connectivity index (χ1v) is 8.97. The third-order valence-electron chi connectivity index (χ3n) is 3.75. The number of rotatable bonds is 10. The van der Waals surface area contributed by atoms with Crippen molar-refractivity contribution >= 4 is 16.5 Å². The van der Waals surface area contributed by atoms with Crippen molar-refractivity contribution in [3.63, 3.8) is 0 Å². The van der Waals surface area contributed by atoms with E-state index in [1.54, 1.807) is 11.3 Å². The molecule has 21 heavy (non-hydrogen) atoms. The zero-order valence-corrected chi connectivity index (χ0v) is 15.3. The van der Waals surface area contributed by atoms with Crippen molar-refractivity contribution in [2.75, 3.05) is 31.1 Å². The quantitative estimate of drug-likeness (QED) is 0.672. The summed E-state index contributed by atoms with van der Waals surface area (Å²) in [5.74, 6) is 0. The van der Waals surface area contributed by atoms with Crippen LogP contribution in [0, 0.1) is 0 Å². The second-order valence-electron chi connectivity index (χ2n) is 5.88. The zero-order chi connectivity index (χ0) is 15.8. The molecule has 0 aliphatic rings. The highest BCUT2D eigenvalue weighted by Gasteiger charge is 2.12. The van der Waals surface area contributed by atoms with E-state index in [-0.39, 0.29) is 0 Å². The predicted molar refractivity (Wildman–Crippen MR) is 94.4 cm³/mol. The highest BCUT2D eigenvalue weighted by molar-refractivity contribution is 7.15. The molecule has 0 aliphatic carbocycles. The van der Waals surface area contributed by atoms with Crippen LogP contribution >= 0.6 is 11.3 Å². The summed E-state index contributed by atoms with van der Waals surface area (Å²) in [6.45, 7) is 18.5. The summed E-state index contributed by atoms with van der Waals surface area (Å²) < 4.78 is 0. The number of thiazole rings is 1. The van der Waals surface area contributed by atoms with E-state index in [0.717, 1.165) is 37.9 Å². The van der Waals surface area contributed by atoms with Crippen LogP contribution in [0.15, 0.2) is 6.20 Å². The van der Waals surface area contributed by atoms with Crippen LogP contribution in [-0.2, 0) is 6.54 Å².